The second-order valence-electron chi connectivity index (χ2n) is 9.31. The van der Waals surface area contributed by atoms with Gasteiger partial charge in [0.25, 0.3) is 0 Å². The Kier molecular flexibility index (Phi) is 11.1. The summed E-state index contributed by atoms with van der Waals surface area (Å²) in [6, 6.07) is 14.4. The van der Waals surface area contributed by atoms with Gasteiger partial charge in [0.15, 0.2) is 0 Å². The van der Waals surface area contributed by atoms with Gasteiger partial charge in [-0.25, -0.2) is 4.79 Å². The van der Waals surface area contributed by atoms with Crippen LogP contribution in [-0.2, 0) is 32.0 Å². The van der Waals surface area contributed by atoms with Crippen LogP contribution in [0, 0.1) is 5.92 Å². The van der Waals surface area contributed by atoms with Crippen molar-refractivity contribution >= 4 is 23.7 Å². The van der Waals surface area contributed by atoms with Crippen molar-refractivity contribution in [2.45, 2.75) is 64.2 Å². The van der Waals surface area contributed by atoms with Crippen LogP contribution in [0.25, 0.3) is 0 Å². The number of benzene rings is 2. The summed E-state index contributed by atoms with van der Waals surface area (Å²) in [7, 11) is 0. The van der Waals surface area contributed by atoms with Gasteiger partial charge < -0.3 is 26.8 Å². The maximum Gasteiger partial charge on any atom is 0.326 e. The third kappa shape index (κ3) is 9.50. The summed E-state index contributed by atoms with van der Waals surface area (Å²) >= 11 is 0. The second-order valence-corrected chi connectivity index (χ2v) is 9.31. The first-order valence-corrected chi connectivity index (χ1v) is 12.0. The lowest BCUT2D eigenvalue weighted by atomic mass is 10.0. The molecule has 2 aromatic carbocycles. The highest BCUT2D eigenvalue weighted by atomic mass is 16.4. The number of carbonyl (C=O) groups is 4. The molecule has 0 radical (unpaired) electrons. The van der Waals surface area contributed by atoms with Gasteiger partial charge in [0.05, 0.1) is 6.04 Å². The third-order valence-corrected chi connectivity index (χ3v) is 5.62. The van der Waals surface area contributed by atoms with E-state index >= 15 is 0 Å². The zero-order chi connectivity index (χ0) is 26.7. The molecule has 0 aliphatic rings. The molecule has 2 rings (SSSR count). The van der Waals surface area contributed by atoms with Crippen LogP contribution >= 0.6 is 0 Å². The SMILES string of the molecule is CC(C)CC(NC(=O)C(N)Cc1ccccc1)C(=O)NC(C)C(=O)NC(Cc1ccccc1)C(=O)O. The first-order valence-electron chi connectivity index (χ1n) is 12.0. The normalized spacial score (nSPS) is 14.2. The van der Waals surface area contributed by atoms with Gasteiger partial charge >= 0.3 is 5.97 Å². The molecule has 0 heterocycles. The maximum atomic E-state index is 13.0. The highest BCUT2D eigenvalue weighted by Crippen LogP contribution is 2.08. The van der Waals surface area contributed by atoms with Gasteiger partial charge in [-0.2, -0.15) is 0 Å². The molecule has 0 aliphatic carbocycles. The number of carbonyl (C=O) groups excluding carboxylic acids is 3. The van der Waals surface area contributed by atoms with Crippen LogP contribution in [0.2, 0.25) is 0 Å². The summed E-state index contributed by atoms with van der Waals surface area (Å²) in [5, 5.41) is 17.3. The lowest BCUT2D eigenvalue weighted by Gasteiger charge is -2.24. The Morgan fingerprint density at radius 1 is 0.722 bits per heavy atom. The number of carboxylic acid groups (broad SMARTS) is 1. The monoisotopic (exact) mass is 496 g/mol. The number of nitrogens with two attached hydrogens (primary N) is 1. The molecule has 2 aromatic rings. The largest absolute Gasteiger partial charge is 0.480 e. The molecule has 4 atom stereocenters. The first kappa shape index (κ1) is 28.5. The molecule has 0 spiro atoms. The van der Waals surface area contributed by atoms with Gasteiger partial charge in [0.2, 0.25) is 17.7 Å². The fraction of sp³-hybridized carbons (Fsp3) is 0.407. The van der Waals surface area contributed by atoms with E-state index in [9.17, 15) is 24.3 Å². The van der Waals surface area contributed by atoms with E-state index in [0.29, 0.717) is 12.8 Å². The molecule has 0 aliphatic heterocycles. The highest BCUT2D eigenvalue weighted by Gasteiger charge is 2.29. The zero-order valence-corrected chi connectivity index (χ0v) is 20.9. The van der Waals surface area contributed by atoms with Crippen molar-refractivity contribution in [2.75, 3.05) is 0 Å². The van der Waals surface area contributed by atoms with Crippen LogP contribution in [0.3, 0.4) is 0 Å². The summed E-state index contributed by atoms with van der Waals surface area (Å²) in [5.41, 5.74) is 7.72. The van der Waals surface area contributed by atoms with Crippen molar-refractivity contribution in [1.29, 1.82) is 0 Å². The van der Waals surface area contributed by atoms with E-state index in [4.69, 9.17) is 5.73 Å². The predicted octanol–water partition coefficient (Wildman–Crippen LogP) is 1.40. The number of hydrogen-bond donors (Lipinski definition) is 5. The minimum absolute atomic E-state index is 0.0813. The number of nitrogens with one attached hydrogen (secondary N) is 3. The van der Waals surface area contributed by atoms with Crippen LogP contribution in [0.15, 0.2) is 60.7 Å². The van der Waals surface area contributed by atoms with E-state index < -0.39 is 47.9 Å². The number of amides is 3. The zero-order valence-electron chi connectivity index (χ0n) is 20.9. The van der Waals surface area contributed by atoms with Gasteiger partial charge in [-0.3, -0.25) is 14.4 Å². The number of rotatable bonds is 13. The Bertz CT molecular complexity index is 1010. The molecule has 6 N–H and O–H groups in total. The van der Waals surface area contributed by atoms with Crippen molar-refractivity contribution < 1.29 is 24.3 Å². The van der Waals surface area contributed by atoms with Gasteiger partial charge in [0.1, 0.15) is 18.1 Å². The lowest BCUT2D eigenvalue weighted by molar-refractivity contribution is -0.142. The summed E-state index contributed by atoms with van der Waals surface area (Å²) in [6.45, 7) is 5.28. The van der Waals surface area contributed by atoms with Gasteiger partial charge in [0, 0.05) is 6.42 Å². The number of hydrogen-bond acceptors (Lipinski definition) is 5. The van der Waals surface area contributed by atoms with Crippen molar-refractivity contribution in [2.24, 2.45) is 11.7 Å². The molecule has 0 bridgehead atoms. The fourth-order valence-corrected chi connectivity index (χ4v) is 3.67. The Balaban J connectivity index is 1.98. The lowest BCUT2D eigenvalue weighted by Crippen LogP contribution is -2.56. The van der Waals surface area contributed by atoms with Crippen LogP contribution in [0.4, 0.5) is 0 Å². The molecule has 36 heavy (non-hydrogen) atoms. The van der Waals surface area contributed by atoms with Gasteiger partial charge in [-0.05, 0) is 36.8 Å². The molecule has 9 heteroatoms. The quantitative estimate of drug-likeness (QED) is 0.283. The fourth-order valence-electron chi connectivity index (χ4n) is 3.67. The van der Waals surface area contributed by atoms with Crippen molar-refractivity contribution in [3.8, 4) is 0 Å². The Morgan fingerprint density at radius 2 is 1.22 bits per heavy atom. The maximum absolute atomic E-state index is 13.0. The predicted molar refractivity (Wildman–Crippen MR) is 137 cm³/mol. The summed E-state index contributed by atoms with van der Waals surface area (Å²) in [6.07, 6.45) is 0.767. The molecule has 9 nitrogen and oxygen atoms in total. The Labute approximate surface area is 211 Å². The average molecular weight is 497 g/mol. The topological polar surface area (TPSA) is 151 Å². The van der Waals surface area contributed by atoms with Crippen LogP contribution in [-0.4, -0.2) is 53.0 Å². The standard InChI is InChI=1S/C27H36N4O5/c1-17(2)14-22(30-25(33)21(28)15-19-10-6-4-7-11-19)26(34)29-18(3)24(32)31-23(27(35)36)16-20-12-8-5-9-13-20/h4-13,17-18,21-23H,14-16,28H2,1-3H3,(H,29,34)(H,30,33)(H,31,32)(H,35,36). The Morgan fingerprint density at radius 3 is 1.72 bits per heavy atom. The van der Waals surface area contributed by atoms with E-state index in [0.717, 1.165) is 11.1 Å². The van der Waals surface area contributed by atoms with E-state index in [1.54, 1.807) is 24.3 Å². The second kappa shape index (κ2) is 14.0. The van der Waals surface area contributed by atoms with Crippen molar-refractivity contribution in [3.05, 3.63) is 71.8 Å². The van der Waals surface area contributed by atoms with Crippen LogP contribution in [0.1, 0.15) is 38.3 Å². The van der Waals surface area contributed by atoms with E-state index in [-0.39, 0.29) is 12.3 Å². The van der Waals surface area contributed by atoms with Gasteiger partial charge in [-0.1, -0.05) is 74.5 Å². The molecular weight excluding hydrogens is 460 g/mol. The first-order chi connectivity index (χ1) is 17.1. The van der Waals surface area contributed by atoms with E-state index in [1.807, 2.05) is 50.2 Å². The molecule has 0 saturated heterocycles. The summed E-state index contributed by atoms with van der Waals surface area (Å²) < 4.78 is 0. The summed E-state index contributed by atoms with van der Waals surface area (Å²) in [4.78, 5) is 50.0. The molecular formula is C27H36N4O5. The Hall–Kier alpha value is -3.72. The summed E-state index contributed by atoms with van der Waals surface area (Å²) in [5.74, 6) is -2.74. The molecule has 4 unspecified atom stereocenters. The van der Waals surface area contributed by atoms with E-state index in [2.05, 4.69) is 16.0 Å². The average Bonchev–Trinajstić information content (AvgIpc) is 2.83. The van der Waals surface area contributed by atoms with Crippen LogP contribution < -0.4 is 21.7 Å². The molecule has 0 fully saturated rings. The highest BCUT2D eigenvalue weighted by molar-refractivity contribution is 5.94. The third-order valence-electron chi connectivity index (χ3n) is 5.62. The molecule has 0 aromatic heterocycles. The van der Waals surface area contributed by atoms with Crippen molar-refractivity contribution in [1.82, 2.24) is 16.0 Å². The molecule has 194 valence electrons. The molecule has 3 amide bonds. The minimum atomic E-state index is -1.18. The van der Waals surface area contributed by atoms with Crippen molar-refractivity contribution in [3.63, 3.8) is 0 Å². The number of aliphatic carboxylic acids is 1. The smallest absolute Gasteiger partial charge is 0.326 e. The van der Waals surface area contributed by atoms with Crippen LogP contribution in [0.5, 0.6) is 0 Å². The molecule has 0 saturated carbocycles. The minimum Gasteiger partial charge on any atom is -0.480 e. The number of carboxylic acids is 1. The van der Waals surface area contributed by atoms with Gasteiger partial charge in [-0.15, -0.1) is 0 Å². The van der Waals surface area contributed by atoms with E-state index in [1.165, 1.54) is 6.92 Å².